The number of benzene rings is 1. The zero-order valence-corrected chi connectivity index (χ0v) is 11.5. The first-order valence-electron chi connectivity index (χ1n) is 5.75. The topological polar surface area (TPSA) is 81.1 Å². The standard InChI is InChI=1S/C13H13N3O3S/c1-16-10-12(9-14-16)13(17)15-20(18,19)8-7-11-5-3-2-4-6-11/h2-10H,1H3,(H,15,17). The van der Waals surface area contributed by atoms with E-state index in [9.17, 15) is 13.2 Å². The minimum atomic E-state index is -3.84. The van der Waals surface area contributed by atoms with Gasteiger partial charge in [-0.05, 0) is 11.6 Å². The molecule has 0 spiro atoms. The summed E-state index contributed by atoms with van der Waals surface area (Å²) in [4.78, 5) is 11.7. The number of sulfonamides is 1. The molecule has 0 saturated carbocycles. The Morgan fingerprint density at radius 1 is 1.30 bits per heavy atom. The first-order chi connectivity index (χ1) is 9.46. The van der Waals surface area contributed by atoms with Crippen molar-refractivity contribution in [3.8, 4) is 0 Å². The smallest absolute Gasteiger partial charge is 0.268 e. The van der Waals surface area contributed by atoms with Crippen LogP contribution in [0.15, 0.2) is 48.1 Å². The molecule has 0 saturated heterocycles. The van der Waals surface area contributed by atoms with Crippen LogP contribution in [-0.4, -0.2) is 24.1 Å². The van der Waals surface area contributed by atoms with E-state index in [-0.39, 0.29) is 5.56 Å². The summed E-state index contributed by atoms with van der Waals surface area (Å²) in [6.07, 6.45) is 4.15. The molecule has 1 aromatic carbocycles. The Morgan fingerprint density at radius 2 is 2.00 bits per heavy atom. The minimum absolute atomic E-state index is 0.184. The van der Waals surface area contributed by atoms with E-state index in [1.807, 2.05) is 10.8 Å². The van der Waals surface area contributed by atoms with Gasteiger partial charge >= 0.3 is 0 Å². The van der Waals surface area contributed by atoms with Crippen LogP contribution in [0.5, 0.6) is 0 Å². The molecule has 104 valence electrons. The molecule has 2 aromatic rings. The number of amides is 1. The summed E-state index contributed by atoms with van der Waals surface area (Å²) in [7, 11) is -2.20. The Hall–Kier alpha value is -2.41. The highest BCUT2D eigenvalue weighted by Crippen LogP contribution is 2.04. The monoisotopic (exact) mass is 291 g/mol. The lowest BCUT2D eigenvalue weighted by molar-refractivity contribution is 0.0982. The molecule has 0 atom stereocenters. The maximum atomic E-state index is 11.7. The molecular formula is C13H13N3O3S. The molecule has 0 aliphatic rings. The fourth-order valence-electron chi connectivity index (χ4n) is 1.49. The van der Waals surface area contributed by atoms with Gasteiger partial charge in [0.1, 0.15) is 0 Å². The van der Waals surface area contributed by atoms with Gasteiger partial charge in [0.15, 0.2) is 0 Å². The fraction of sp³-hybridized carbons (Fsp3) is 0.0769. The van der Waals surface area contributed by atoms with E-state index in [2.05, 4.69) is 5.10 Å². The van der Waals surface area contributed by atoms with E-state index in [0.29, 0.717) is 0 Å². The molecule has 7 heteroatoms. The predicted molar refractivity (Wildman–Crippen MR) is 75.1 cm³/mol. The second kappa shape index (κ2) is 5.70. The average Bonchev–Trinajstić information content (AvgIpc) is 2.84. The Morgan fingerprint density at radius 3 is 2.60 bits per heavy atom. The van der Waals surface area contributed by atoms with Crippen molar-refractivity contribution in [3.63, 3.8) is 0 Å². The van der Waals surface area contributed by atoms with Gasteiger partial charge in [-0.25, -0.2) is 13.1 Å². The molecule has 1 aromatic heterocycles. The third-order valence-corrected chi connectivity index (χ3v) is 3.41. The van der Waals surface area contributed by atoms with Crippen LogP contribution in [0.1, 0.15) is 15.9 Å². The summed E-state index contributed by atoms with van der Waals surface area (Å²) in [5, 5.41) is 4.76. The summed E-state index contributed by atoms with van der Waals surface area (Å²) in [5.41, 5.74) is 0.913. The van der Waals surface area contributed by atoms with E-state index in [0.717, 1.165) is 11.0 Å². The van der Waals surface area contributed by atoms with E-state index in [1.165, 1.54) is 23.2 Å². The van der Waals surface area contributed by atoms with Gasteiger partial charge in [0, 0.05) is 13.2 Å². The summed E-state index contributed by atoms with van der Waals surface area (Å²) in [5.74, 6) is -0.712. The van der Waals surface area contributed by atoms with E-state index in [1.54, 1.807) is 31.3 Å². The zero-order chi connectivity index (χ0) is 14.6. The molecule has 1 heterocycles. The minimum Gasteiger partial charge on any atom is -0.275 e. The van der Waals surface area contributed by atoms with E-state index >= 15 is 0 Å². The number of carbonyl (C=O) groups excluding carboxylic acids is 1. The lowest BCUT2D eigenvalue weighted by Gasteiger charge is -2.00. The largest absolute Gasteiger partial charge is 0.275 e. The van der Waals surface area contributed by atoms with Crippen LogP contribution in [0.2, 0.25) is 0 Å². The van der Waals surface area contributed by atoms with Gasteiger partial charge in [0.25, 0.3) is 15.9 Å². The van der Waals surface area contributed by atoms with Gasteiger partial charge in [0.2, 0.25) is 0 Å². The summed E-state index contributed by atoms with van der Waals surface area (Å²) < 4.78 is 26.9. The number of rotatable bonds is 4. The van der Waals surface area contributed by atoms with Crippen molar-refractivity contribution in [1.82, 2.24) is 14.5 Å². The number of carbonyl (C=O) groups is 1. The summed E-state index contributed by atoms with van der Waals surface area (Å²) >= 11 is 0. The van der Waals surface area contributed by atoms with Crippen LogP contribution in [0.3, 0.4) is 0 Å². The molecule has 0 bridgehead atoms. The highest BCUT2D eigenvalue weighted by molar-refractivity contribution is 7.93. The van der Waals surface area contributed by atoms with Crippen LogP contribution < -0.4 is 4.72 Å². The van der Waals surface area contributed by atoms with Crippen LogP contribution in [-0.2, 0) is 17.1 Å². The highest BCUT2D eigenvalue weighted by Gasteiger charge is 2.14. The Labute approximate surface area is 116 Å². The molecule has 0 aliphatic heterocycles. The van der Waals surface area contributed by atoms with Gasteiger partial charge in [-0.3, -0.25) is 9.48 Å². The number of hydrogen-bond donors (Lipinski definition) is 1. The normalized spacial score (nSPS) is 11.7. The van der Waals surface area contributed by atoms with Crippen molar-refractivity contribution < 1.29 is 13.2 Å². The first kappa shape index (κ1) is 14.0. The number of aryl methyl sites for hydroxylation is 1. The van der Waals surface area contributed by atoms with Crippen LogP contribution >= 0.6 is 0 Å². The number of nitrogens with one attached hydrogen (secondary N) is 1. The lowest BCUT2D eigenvalue weighted by Crippen LogP contribution is -2.28. The SMILES string of the molecule is Cn1cc(C(=O)NS(=O)(=O)C=Cc2ccccc2)cn1. The van der Waals surface area contributed by atoms with Crippen molar-refractivity contribution in [2.45, 2.75) is 0 Å². The molecular weight excluding hydrogens is 278 g/mol. The third-order valence-electron chi connectivity index (χ3n) is 2.44. The Bertz CT molecular complexity index is 733. The summed E-state index contributed by atoms with van der Waals surface area (Å²) in [6.45, 7) is 0. The molecule has 0 aliphatic carbocycles. The van der Waals surface area contributed by atoms with Crippen molar-refractivity contribution in [2.75, 3.05) is 0 Å². The molecule has 1 N–H and O–H groups in total. The number of hydrogen-bond acceptors (Lipinski definition) is 4. The lowest BCUT2D eigenvalue weighted by atomic mass is 10.2. The number of nitrogens with zero attached hydrogens (tertiary/aromatic N) is 2. The zero-order valence-electron chi connectivity index (χ0n) is 10.7. The number of aromatic nitrogens is 2. The van der Waals surface area contributed by atoms with Crippen molar-refractivity contribution in [3.05, 3.63) is 59.3 Å². The van der Waals surface area contributed by atoms with Crippen LogP contribution in [0, 0.1) is 0 Å². The van der Waals surface area contributed by atoms with E-state index < -0.39 is 15.9 Å². The maximum absolute atomic E-state index is 11.7. The second-order valence-corrected chi connectivity index (χ2v) is 5.66. The van der Waals surface area contributed by atoms with Gasteiger partial charge < -0.3 is 0 Å². The van der Waals surface area contributed by atoms with Crippen molar-refractivity contribution in [2.24, 2.45) is 7.05 Å². The van der Waals surface area contributed by atoms with Gasteiger partial charge in [-0.2, -0.15) is 5.10 Å². The molecule has 2 rings (SSSR count). The first-order valence-corrected chi connectivity index (χ1v) is 7.30. The van der Waals surface area contributed by atoms with Gasteiger partial charge in [0.05, 0.1) is 17.2 Å². The van der Waals surface area contributed by atoms with Crippen LogP contribution in [0.25, 0.3) is 6.08 Å². The van der Waals surface area contributed by atoms with Crippen molar-refractivity contribution >= 4 is 22.0 Å². The van der Waals surface area contributed by atoms with Gasteiger partial charge in [-0.15, -0.1) is 0 Å². The molecule has 6 nitrogen and oxygen atoms in total. The van der Waals surface area contributed by atoms with Crippen LogP contribution in [0.4, 0.5) is 0 Å². The van der Waals surface area contributed by atoms with Gasteiger partial charge in [-0.1, -0.05) is 30.3 Å². The molecule has 0 fully saturated rings. The maximum Gasteiger partial charge on any atom is 0.268 e. The fourth-order valence-corrected chi connectivity index (χ4v) is 2.27. The second-order valence-electron chi connectivity index (χ2n) is 4.09. The third kappa shape index (κ3) is 3.79. The molecule has 20 heavy (non-hydrogen) atoms. The summed E-state index contributed by atoms with van der Waals surface area (Å²) in [6, 6.07) is 8.93. The predicted octanol–water partition coefficient (Wildman–Crippen LogP) is 1.15. The molecule has 0 radical (unpaired) electrons. The molecule has 0 unspecified atom stereocenters. The quantitative estimate of drug-likeness (QED) is 0.916. The Balaban J connectivity index is 2.08. The Kier molecular flexibility index (Phi) is 3.99. The highest BCUT2D eigenvalue weighted by atomic mass is 32.2. The van der Waals surface area contributed by atoms with Crippen molar-refractivity contribution in [1.29, 1.82) is 0 Å². The van der Waals surface area contributed by atoms with E-state index in [4.69, 9.17) is 0 Å². The average molecular weight is 291 g/mol. The molecule has 1 amide bonds.